The first kappa shape index (κ1) is 21.5. The minimum Gasteiger partial charge on any atom is -0.494 e. The molecule has 0 radical (unpaired) electrons. The summed E-state index contributed by atoms with van der Waals surface area (Å²) in [7, 11) is 1.60. The van der Waals surface area contributed by atoms with E-state index in [9.17, 15) is 4.79 Å². The van der Waals surface area contributed by atoms with Crippen LogP contribution in [0.1, 0.15) is 13.3 Å². The first-order valence-electron chi connectivity index (χ1n) is 9.62. The van der Waals surface area contributed by atoms with Crippen LogP contribution in [0.25, 0.3) is 10.8 Å². The van der Waals surface area contributed by atoms with Crippen molar-refractivity contribution in [1.82, 2.24) is 16.0 Å². The summed E-state index contributed by atoms with van der Waals surface area (Å²) in [6, 6.07) is 14.3. The topological polar surface area (TPSA) is 84.0 Å². The minimum absolute atomic E-state index is 0.0760. The minimum atomic E-state index is -0.131. The van der Waals surface area contributed by atoms with Crippen molar-refractivity contribution in [2.45, 2.75) is 13.3 Å². The Morgan fingerprint density at radius 1 is 1.00 bits per heavy atom. The normalized spacial score (nSPS) is 11.3. The highest BCUT2D eigenvalue weighted by atomic mass is 16.5. The fraction of sp³-hybridized carbons (Fsp3) is 0.429. The predicted molar refractivity (Wildman–Crippen MR) is 113 cm³/mol. The Bertz CT molecular complexity index is 764. The van der Waals surface area contributed by atoms with Crippen LogP contribution in [0.4, 0.5) is 0 Å². The molecule has 7 nitrogen and oxygen atoms in total. The lowest BCUT2D eigenvalue weighted by atomic mass is 10.1. The Balaban J connectivity index is 1.69. The Labute approximate surface area is 166 Å². The average molecular weight is 386 g/mol. The number of carbonyl (C=O) groups excluding carboxylic acids is 1. The van der Waals surface area contributed by atoms with Crippen LogP contribution in [0.15, 0.2) is 47.5 Å². The third kappa shape index (κ3) is 7.84. The fourth-order valence-electron chi connectivity index (χ4n) is 2.57. The van der Waals surface area contributed by atoms with E-state index < -0.39 is 0 Å². The quantitative estimate of drug-likeness (QED) is 0.312. The molecule has 2 aromatic rings. The van der Waals surface area contributed by atoms with E-state index in [1.54, 1.807) is 7.11 Å². The number of carbonyl (C=O) groups is 1. The van der Waals surface area contributed by atoms with Gasteiger partial charge >= 0.3 is 0 Å². The smallest absolute Gasteiger partial charge is 0.241 e. The fourth-order valence-corrected chi connectivity index (χ4v) is 2.57. The summed E-state index contributed by atoms with van der Waals surface area (Å²) in [4.78, 5) is 16.0. The van der Waals surface area contributed by atoms with Gasteiger partial charge in [0.15, 0.2) is 5.96 Å². The third-order valence-electron chi connectivity index (χ3n) is 3.96. The Hall–Kier alpha value is -2.80. The number of amides is 1. The van der Waals surface area contributed by atoms with Crippen LogP contribution < -0.4 is 20.7 Å². The Morgan fingerprint density at radius 2 is 1.82 bits per heavy atom. The van der Waals surface area contributed by atoms with E-state index in [1.807, 2.05) is 25.1 Å². The SMILES string of the molecule is CCNC(=NCC(=O)NCCOC)NCCCOc1ccc2ccccc2c1. The van der Waals surface area contributed by atoms with Crippen LogP contribution in [-0.4, -0.2) is 58.4 Å². The molecule has 7 heteroatoms. The Kier molecular flexibility index (Phi) is 9.65. The van der Waals surface area contributed by atoms with E-state index in [2.05, 4.69) is 45.2 Å². The van der Waals surface area contributed by atoms with Crippen LogP contribution in [0, 0.1) is 0 Å². The van der Waals surface area contributed by atoms with Gasteiger partial charge in [0.1, 0.15) is 12.3 Å². The van der Waals surface area contributed by atoms with E-state index in [4.69, 9.17) is 9.47 Å². The van der Waals surface area contributed by atoms with Crippen molar-refractivity contribution in [2.24, 2.45) is 4.99 Å². The van der Waals surface area contributed by atoms with Crippen molar-refractivity contribution >= 4 is 22.6 Å². The second kappa shape index (κ2) is 12.6. The Morgan fingerprint density at radius 3 is 2.61 bits per heavy atom. The molecule has 0 saturated heterocycles. The highest BCUT2D eigenvalue weighted by Crippen LogP contribution is 2.20. The van der Waals surface area contributed by atoms with E-state index >= 15 is 0 Å². The van der Waals surface area contributed by atoms with Crippen LogP contribution >= 0.6 is 0 Å². The van der Waals surface area contributed by atoms with E-state index in [-0.39, 0.29) is 12.5 Å². The molecule has 3 N–H and O–H groups in total. The molecule has 0 heterocycles. The van der Waals surface area contributed by atoms with Crippen LogP contribution in [0.2, 0.25) is 0 Å². The highest BCUT2D eigenvalue weighted by Gasteiger charge is 2.02. The van der Waals surface area contributed by atoms with Gasteiger partial charge in [-0.15, -0.1) is 0 Å². The molecule has 28 heavy (non-hydrogen) atoms. The van der Waals surface area contributed by atoms with E-state index in [1.165, 1.54) is 10.8 Å². The monoisotopic (exact) mass is 386 g/mol. The van der Waals surface area contributed by atoms with Crippen LogP contribution in [0.5, 0.6) is 5.75 Å². The molecule has 152 valence electrons. The molecule has 0 bridgehead atoms. The van der Waals surface area contributed by atoms with Crippen LogP contribution in [-0.2, 0) is 9.53 Å². The maximum Gasteiger partial charge on any atom is 0.241 e. The lowest BCUT2D eigenvalue weighted by molar-refractivity contribution is -0.119. The molecule has 0 aliphatic rings. The van der Waals surface area contributed by atoms with Crippen molar-refractivity contribution < 1.29 is 14.3 Å². The number of ether oxygens (including phenoxy) is 2. The maximum atomic E-state index is 11.7. The molecular formula is C21H30N4O3. The summed E-state index contributed by atoms with van der Waals surface area (Å²) in [5.74, 6) is 1.36. The van der Waals surface area contributed by atoms with Gasteiger partial charge in [0.05, 0.1) is 13.2 Å². The highest BCUT2D eigenvalue weighted by molar-refractivity contribution is 5.85. The number of hydrogen-bond acceptors (Lipinski definition) is 4. The summed E-state index contributed by atoms with van der Waals surface area (Å²) in [5, 5.41) is 11.5. The van der Waals surface area contributed by atoms with Gasteiger partial charge in [0.25, 0.3) is 0 Å². The number of benzene rings is 2. The van der Waals surface area contributed by atoms with Gasteiger partial charge in [-0.05, 0) is 36.2 Å². The molecule has 0 atom stereocenters. The first-order valence-corrected chi connectivity index (χ1v) is 9.62. The second-order valence-corrected chi connectivity index (χ2v) is 6.18. The zero-order chi connectivity index (χ0) is 20.0. The number of methoxy groups -OCH3 is 1. The molecule has 0 spiro atoms. The van der Waals surface area contributed by atoms with Gasteiger partial charge in [-0.1, -0.05) is 30.3 Å². The molecule has 1 amide bonds. The summed E-state index contributed by atoms with van der Waals surface area (Å²) >= 11 is 0. The van der Waals surface area contributed by atoms with Crippen molar-refractivity contribution in [3.63, 3.8) is 0 Å². The van der Waals surface area contributed by atoms with Crippen molar-refractivity contribution in [1.29, 1.82) is 0 Å². The number of aliphatic imine (C=N–C) groups is 1. The second-order valence-electron chi connectivity index (χ2n) is 6.18. The molecule has 2 aromatic carbocycles. The molecule has 0 unspecified atom stereocenters. The van der Waals surface area contributed by atoms with Gasteiger partial charge in [0.2, 0.25) is 5.91 Å². The van der Waals surface area contributed by atoms with Gasteiger partial charge in [-0.2, -0.15) is 0 Å². The van der Waals surface area contributed by atoms with Crippen molar-refractivity contribution in [3.05, 3.63) is 42.5 Å². The van der Waals surface area contributed by atoms with E-state index in [0.29, 0.717) is 32.3 Å². The first-order chi connectivity index (χ1) is 13.7. The summed E-state index contributed by atoms with van der Waals surface area (Å²) in [6.45, 7) is 5.06. The molecule has 0 aliphatic carbocycles. The van der Waals surface area contributed by atoms with Gasteiger partial charge < -0.3 is 25.4 Å². The zero-order valence-electron chi connectivity index (χ0n) is 16.7. The summed E-state index contributed by atoms with van der Waals surface area (Å²) < 4.78 is 10.7. The summed E-state index contributed by atoms with van der Waals surface area (Å²) in [5.41, 5.74) is 0. The van der Waals surface area contributed by atoms with Crippen molar-refractivity contribution in [2.75, 3.05) is 46.5 Å². The molecule has 0 saturated carbocycles. The van der Waals surface area contributed by atoms with Crippen LogP contribution in [0.3, 0.4) is 0 Å². The number of rotatable bonds is 11. The number of nitrogens with one attached hydrogen (secondary N) is 3. The van der Waals surface area contributed by atoms with E-state index in [0.717, 1.165) is 18.7 Å². The maximum absolute atomic E-state index is 11.7. The standard InChI is InChI=1S/C21H30N4O3/c1-3-22-21(25-16-20(26)23-12-14-27-2)24-11-6-13-28-19-10-9-17-7-4-5-8-18(17)15-19/h4-5,7-10,15H,3,6,11-14,16H2,1-2H3,(H,23,26)(H2,22,24,25). The zero-order valence-corrected chi connectivity index (χ0v) is 16.7. The molecule has 0 fully saturated rings. The van der Waals surface area contributed by atoms with Gasteiger partial charge in [-0.25, -0.2) is 4.99 Å². The molecule has 0 aromatic heterocycles. The lowest BCUT2D eigenvalue weighted by Crippen LogP contribution is -2.39. The molecule has 0 aliphatic heterocycles. The summed E-state index contributed by atoms with van der Waals surface area (Å²) in [6.07, 6.45) is 0.817. The molecule has 2 rings (SSSR count). The number of fused-ring (bicyclic) bond motifs is 1. The van der Waals surface area contributed by atoms with Crippen molar-refractivity contribution in [3.8, 4) is 5.75 Å². The molecular weight excluding hydrogens is 356 g/mol. The predicted octanol–water partition coefficient (Wildman–Crippen LogP) is 1.93. The number of nitrogens with zero attached hydrogens (tertiary/aromatic N) is 1. The lowest BCUT2D eigenvalue weighted by Gasteiger charge is -2.12. The number of hydrogen-bond donors (Lipinski definition) is 3. The number of guanidine groups is 1. The van der Waals surface area contributed by atoms with Gasteiger partial charge in [-0.3, -0.25) is 4.79 Å². The average Bonchev–Trinajstić information content (AvgIpc) is 2.71. The van der Waals surface area contributed by atoms with Gasteiger partial charge in [0, 0.05) is 26.7 Å². The largest absolute Gasteiger partial charge is 0.494 e. The third-order valence-corrected chi connectivity index (χ3v) is 3.96.